The van der Waals surface area contributed by atoms with Crippen molar-refractivity contribution in [3.63, 3.8) is 0 Å². The lowest BCUT2D eigenvalue weighted by atomic mass is 10.2. The lowest BCUT2D eigenvalue weighted by Crippen LogP contribution is -2.37. The second-order valence-corrected chi connectivity index (χ2v) is 8.53. The molecule has 3 N–H and O–H groups in total. The minimum atomic E-state index is -3.57. The molecule has 1 amide bonds. The smallest absolute Gasteiger partial charge is 0.303 e. The van der Waals surface area contributed by atoms with Crippen LogP contribution in [0.5, 0.6) is 0 Å². The van der Waals surface area contributed by atoms with Gasteiger partial charge in [0.2, 0.25) is 10.0 Å². The second kappa shape index (κ2) is 8.54. The number of aliphatic carboxylic acids is 1. The number of hydrogen-bond donors (Lipinski definition) is 3. The van der Waals surface area contributed by atoms with E-state index in [1.807, 2.05) is 0 Å². The predicted octanol–water partition coefficient (Wildman–Crippen LogP) is 0.737. The number of unbranched alkanes of at least 4 members (excludes halogenated alkanes) is 1. The van der Waals surface area contributed by atoms with Gasteiger partial charge in [0, 0.05) is 43.8 Å². The highest BCUT2D eigenvalue weighted by Gasteiger charge is 2.27. The molecule has 0 spiro atoms. The number of amides is 1. The summed E-state index contributed by atoms with van der Waals surface area (Å²) in [6.45, 7) is 1.29. The maximum absolute atomic E-state index is 12.5. The Balaban J connectivity index is 1.89. The minimum Gasteiger partial charge on any atom is -0.481 e. The van der Waals surface area contributed by atoms with Gasteiger partial charge in [-0.1, -0.05) is 0 Å². The number of carbonyl (C=O) groups excluding carboxylic acids is 1. The molecule has 1 aliphatic heterocycles. The van der Waals surface area contributed by atoms with E-state index < -0.39 is 21.9 Å². The Hall–Kier alpha value is -1.52. The fraction of sp³-hybridized carbons (Fsp3) is 0.571. The number of nitrogens with zero attached hydrogens (tertiary/aromatic N) is 1. The summed E-state index contributed by atoms with van der Waals surface area (Å²) < 4.78 is 26.4. The van der Waals surface area contributed by atoms with E-state index in [4.69, 9.17) is 5.11 Å². The maximum atomic E-state index is 12.5. The molecule has 2 rings (SSSR count). The Morgan fingerprint density at radius 1 is 1.29 bits per heavy atom. The van der Waals surface area contributed by atoms with Crippen LogP contribution in [0.3, 0.4) is 0 Å². The van der Waals surface area contributed by atoms with Crippen LogP contribution in [0.4, 0.5) is 0 Å². The fourth-order valence-corrected chi connectivity index (χ4v) is 4.86. The number of carbonyl (C=O) groups is 2. The normalized spacial score (nSPS) is 16.0. The summed E-state index contributed by atoms with van der Waals surface area (Å²) in [5, 5.41) is 11.2. The van der Waals surface area contributed by atoms with Crippen LogP contribution in [0.25, 0.3) is 0 Å². The number of carboxylic acids is 1. The van der Waals surface area contributed by atoms with Gasteiger partial charge in [0.25, 0.3) is 5.91 Å². The molecule has 1 aliphatic rings. The van der Waals surface area contributed by atoms with Gasteiger partial charge in [0.05, 0.1) is 0 Å². The highest BCUT2D eigenvalue weighted by Crippen LogP contribution is 2.20. The summed E-state index contributed by atoms with van der Waals surface area (Å²) in [5.41, 5.74) is 0.179. The Kier molecular flexibility index (Phi) is 6.69. The number of hydrogen-bond acceptors (Lipinski definition) is 5. The van der Waals surface area contributed by atoms with Gasteiger partial charge in [0.15, 0.2) is 0 Å². The number of rotatable bonds is 8. The van der Waals surface area contributed by atoms with E-state index in [-0.39, 0.29) is 17.0 Å². The molecule has 0 aliphatic carbocycles. The van der Waals surface area contributed by atoms with Crippen LogP contribution in [0.2, 0.25) is 0 Å². The Bertz CT molecular complexity index is 680. The zero-order chi connectivity index (χ0) is 17.6. The van der Waals surface area contributed by atoms with Crippen molar-refractivity contribution in [2.75, 3.05) is 31.1 Å². The third kappa shape index (κ3) is 4.99. The molecule has 0 aromatic carbocycles. The SMILES string of the molecule is O=C(O)CCCCNC(=O)c1cc(S(=O)(=O)N2CCSCC2)c[nH]1. The third-order valence-electron chi connectivity index (χ3n) is 3.61. The molecular formula is C14H21N3O5S2. The van der Waals surface area contributed by atoms with Crippen LogP contribution >= 0.6 is 11.8 Å². The van der Waals surface area contributed by atoms with Crippen LogP contribution in [0.1, 0.15) is 29.8 Å². The van der Waals surface area contributed by atoms with Gasteiger partial charge in [-0.25, -0.2) is 8.42 Å². The van der Waals surface area contributed by atoms with Crippen molar-refractivity contribution >= 4 is 33.7 Å². The molecule has 0 radical (unpaired) electrons. The monoisotopic (exact) mass is 375 g/mol. The molecule has 24 heavy (non-hydrogen) atoms. The maximum Gasteiger partial charge on any atom is 0.303 e. The van der Waals surface area contributed by atoms with Crippen molar-refractivity contribution in [3.8, 4) is 0 Å². The molecule has 1 fully saturated rings. The van der Waals surface area contributed by atoms with Crippen LogP contribution in [0, 0.1) is 0 Å². The molecule has 1 aromatic heterocycles. The Labute approximate surface area is 145 Å². The van der Waals surface area contributed by atoms with Gasteiger partial charge in [-0.3, -0.25) is 9.59 Å². The van der Waals surface area contributed by atoms with Gasteiger partial charge < -0.3 is 15.4 Å². The van der Waals surface area contributed by atoms with Gasteiger partial charge in [-0.2, -0.15) is 16.1 Å². The molecule has 0 bridgehead atoms. The average Bonchev–Trinajstić information content (AvgIpc) is 3.06. The molecular weight excluding hydrogens is 354 g/mol. The highest BCUT2D eigenvalue weighted by molar-refractivity contribution is 7.99. The van der Waals surface area contributed by atoms with Crippen molar-refractivity contribution in [3.05, 3.63) is 18.0 Å². The number of nitrogens with one attached hydrogen (secondary N) is 2. The van der Waals surface area contributed by atoms with Crippen LogP contribution in [-0.4, -0.2) is 65.8 Å². The first kappa shape index (κ1) is 18.8. The number of H-pyrrole nitrogens is 1. The average molecular weight is 375 g/mol. The number of aromatic nitrogens is 1. The van der Waals surface area contributed by atoms with Crippen LogP contribution in [0.15, 0.2) is 17.2 Å². The molecule has 2 heterocycles. The summed E-state index contributed by atoms with van der Waals surface area (Å²) in [4.78, 5) is 25.2. The van der Waals surface area contributed by atoms with Crippen molar-refractivity contribution in [1.82, 2.24) is 14.6 Å². The lowest BCUT2D eigenvalue weighted by Gasteiger charge is -2.24. The van der Waals surface area contributed by atoms with E-state index in [2.05, 4.69) is 10.3 Å². The van der Waals surface area contributed by atoms with Gasteiger partial charge in [-0.05, 0) is 18.9 Å². The summed E-state index contributed by atoms with van der Waals surface area (Å²) in [7, 11) is -3.57. The summed E-state index contributed by atoms with van der Waals surface area (Å²) in [6.07, 6.45) is 2.42. The first-order valence-electron chi connectivity index (χ1n) is 7.67. The zero-order valence-corrected chi connectivity index (χ0v) is 14.8. The molecule has 8 nitrogen and oxygen atoms in total. The van der Waals surface area contributed by atoms with Crippen LogP contribution < -0.4 is 5.32 Å². The molecule has 10 heteroatoms. The molecule has 0 saturated carbocycles. The number of aromatic amines is 1. The van der Waals surface area contributed by atoms with E-state index in [1.165, 1.54) is 16.6 Å². The lowest BCUT2D eigenvalue weighted by molar-refractivity contribution is -0.137. The molecule has 0 atom stereocenters. The summed E-state index contributed by atoms with van der Waals surface area (Å²) in [5.74, 6) is 0.276. The van der Waals surface area contributed by atoms with Crippen molar-refractivity contribution in [1.29, 1.82) is 0 Å². The summed E-state index contributed by atoms with van der Waals surface area (Å²) in [6, 6.07) is 1.34. The number of thioether (sulfide) groups is 1. The molecule has 1 saturated heterocycles. The first-order chi connectivity index (χ1) is 11.4. The Morgan fingerprint density at radius 3 is 2.67 bits per heavy atom. The second-order valence-electron chi connectivity index (χ2n) is 5.37. The van der Waals surface area contributed by atoms with Crippen LogP contribution in [-0.2, 0) is 14.8 Å². The standard InChI is InChI=1S/C14H21N3O5S2/c18-13(19)3-1-2-4-15-14(20)12-9-11(10-16-12)24(21,22)17-5-7-23-8-6-17/h9-10,16H,1-8H2,(H,15,20)(H,18,19). The minimum absolute atomic E-state index is 0.0644. The first-order valence-corrected chi connectivity index (χ1v) is 10.3. The topological polar surface area (TPSA) is 120 Å². The van der Waals surface area contributed by atoms with Crippen molar-refractivity contribution in [2.45, 2.75) is 24.2 Å². The van der Waals surface area contributed by atoms with Gasteiger partial charge in [-0.15, -0.1) is 0 Å². The molecule has 134 valence electrons. The van der Waals surface area contributed by atoms with E-state index in [0.717, 1.165) is 11.5 Å². The van der Waals surface area contributed by atoms with Gasteiger partial charge in [0.1, 0.15) is 10.6 Å². The molecule has 1 aromatic rings. The largest absolute Gasteiger partial charge is 0.481 e. The van der Waals surface area contributed by atoms with E-state index >= 15 is 0 Å². The predicted molar refractivity (Wildman–Crippen MR) is 90.7 cm³/mol. The van der Waals surface area contributed by atoms with E-state index in [1.54, 1.807) is 11.8 Å². The summed E-state index contributed by atoms with van der Waals surface area (Å²) >= 11 is 1.72. The fourth-order valence-electron chi connectivity index (χ4n) is 2.29. The third-order valence-corrected chi connectivity index (χ3v) is 6.43. The highest BCUT2D eigenvalue weighted by atomic mass is 32.2. The van der Waals surface area contributed by atoms with Gasteiger partial charge >= 0.3 is 5.97 Å². The Morgan fingerprint density at radius 2 is 2.00 bits per heavy atom. The van der Waals surface area contributed by atoms with Crippen molar-refractivity contribution in [2.24, 2.45) is 0 Å². The number of sulfonamides is 1. The zero-order valence-electron chi connectivity index (χ0n) is 13.2. The molecule has 0 unspecified atom stereocenters. The number of carboxylic acid groups (broad SMARTS) is 1. The quantitative estimate of drug-likeness (QED) is 0.577. The van der Waals surface area contributed by atoms with E-state index in [0.29, 0.717) is 32.5 Å². The van der Waals surface area contributed by atoms with E-state index in [9.17, 15) is 18.0 Å². The van der Waals surface area contributed by atoms with Crippen molar-refractivity contribution < 1.29 is 23.1 Å².